The molecule has 0 N–H and O–H groups in total. The highest BCUT2D eigenvalue weighted by atomic mass is 16.7. The SMILES string of the molecule is COC(=O)Cn1nc(-c2ccccc2)cc(-c2ccc3c(c2)OCO3)c1=O. The molecule has 1 aromatic heterocycles. The first kappa shape index (κ1) is 16.8. The van der Waals surface area contributed by atoms with Gasteiger partial charge in [-0.2, -0.15) is 5.10 Å². The largest absolute Gasteiger partial charge is 0.468 e. The van der Waals surface area contributed by atoms with E-state index < -0.39 is 5.97 Å². The summed E-state index contributed by atoms with van der Waals surface area (Å²) in [5, 5.41) is 4.34. The Balaban J connectivity index is 1.88. The number of nitrogens with zero attached hydrogens (tertiary/aromatic N) is 2. The van der Waals surface area contributed by atoms with Gasteiger partial charge in [-0.15, -0.1) is 0 Å². The molecule has 0 aliphatic carbocycles. The van der Waals surface area contributed by atoms with Gasteiger partial charge in [0.1, 0.15) is 6.54 Å². The number of methoxy groups -OCH3 is 1. The maximum atomic E-state index is 12.9. The third-order valence-electron chi connectivity index (χ3n) is 4.23. The molecule has 136 valence electrons. The van der Waals surface area contributed by atoms with E-state index >= 15 is 0 Å². The van der Waals surface area contributed by atoms with Crippen LogP contribution in [0.15, 0.2) is 59.4 Å². The minimum absolute atomic E-state index is 0.150. The highest BCUT2D eigenvalue weighted by molar-refractivity contribution is 5.73. The van der Waals surface area contributed by atoms with Gasteiger partial charge in [-0.1, -0.05) is 36.4 Å². The van der Waals surface area contributed by atoms with Crippen LogP contribution in [-0.4, -0.2) is 29.7 Å². The number of rotatable bonds is 4. The second-order valence-electron chi connectivity index (χ2n) is 5.92. The summed E-state index contributed by atoms with van der Waals surface area (Å²) in [6, 6.07) is 16.4. The molecule has 7 nitrogen and oxygen atoms in total. The fourth-order valence-corrected chi connectivity index (χ4v) is 2.86. The molecule has 0 amide bonds. The summed E-state index contributed by atoms with van der Waals surface area (Å²) in [5.41, 5.74) is 2.08. The van der Waals surface area contributed by atoms with E-state index in [9.17, 15) is 9.59 Å². The average Bonchev–Trinajstić information content (AvgIpc) is 3.18. The molecule has 1 aliphatic heterocycles. The molecule has 4 rings (SSSR count). The third-order valence-corrected chi connectivity index (χ3v) is 4.23. The van der Waals surface area contributed by atoms with Crippen LogP contribution in [0, 0.1) is 0 Å². The Morgan fingerprint density at radius 3 is 2.63 bits per heavy atom. The summed E-state index contributed by atoms with van der Waals surface area (Å²) in [5.74, 6) is 0.655. The summed E-state index contributed by atoms with van der Waals surface area (Å²) in [6.45, 7) is -0.121. The average molecular weight is 364 g/mol. The van der Waals surface area contributed by atoms with Crippen LogP contribution in [0.4, 0.5) is 0 Å². The number of benzene rings is 2. The zero-order valence-corrected chi connectivity index (χ0v) is 14.5. The van der Waals surface area contributed by atoms with Gasteiger partial charge < -0.3 is 14.2 Å². The number of ether oxygens (including phenoxy) is 3. The predicted octanol–water partition coefficient (Wildman–Crippen LogP) is 2.48. The minimum Gasteiger partial charge on any atom is -0.468 e. The molecule has 0 unspecified atom stereocenters. The molecule has 0 saturated heterocycles. The highest BCUT2D eigenvalue weighted by Crippen LogP contribution is 2.35. The van der Waals surface area contributed by atoms with E-state index in [2.05, 4.69) is 9.84 Å². The number of fused-ring (bicyclic) bond motifs is 1. The van der Waals surface area contributed by atoms with Crippen molar-refractivity contribution in [3.63, 3.8) is 0 Å². The number of hydrogen-bond acceptors (Lipinski definition) is 6. The standard InChI is InChI=1S/C20H16N2O5/c1-25-19(23)11-22-20(24)15(10-16(21-22)13-5-3-2-4-6-13)14-7-8-17-18(9-14)27-12-26-17/h2-10H,11-12H2,1H3. The van der Waals surface area contributed by atoms with Crippen LogP contribution in [0.2, 0.25) is 0 Å². The minimum atomic E-state index is -0.550. The van der Waals surface area contributed by atoms with Crippen LogP contribution < -0.4 is 15.0 Å². The third kappa shape index (κ3) is 3.27. The monoisotopic (exact) mass is 364 g/mol. The lowest BCUT2D eigenvalue weighted by Gasteiger charge is -2.11. The van der Waals surface area contributed by atoms with Crippen molar-refractivity contribution in [3.05, 3.63) is 65.0 Å². The van der Waals surface area contributed by atoms with E-state index in [0.717, 1.165) is 10.2 Å². The number of carbonyl (C=O) groups excluding carboxylic acids is 1. The normalized spacial score (nSPS) is 12.0. The predicted molar refractivity (Wildman–Crippen MR) is 97.5 cm³/mol. The van der Waals surface area contributed by atoms with Crippen molar-refractivity contribution in [1.82, 2.24) is 9.78 Å². The van der Waals surface area contributed by atoms with Gasteiger partial charge in [-0.05, 0) is 23.8 Å². The van der Waals surface area contributed by atoms with E-state index in [1.54, 1.807) is 24.3 Å². The van der Waals surface area contributed by atoms with Crippen molar-refractivity contribution >= 4 is 5.97 Å². The van der Waals surface area contributed by atoms with Gasteiger partial charge in [-0.25, -0.2) is 4.68 Å². The molecular formula is C20H16N2O5. The maximum absolute atomic E-state index is 12.9. The molecule has 0 atom stereocenters. The number of carbonyl (C=O) groups is 1. The summed E-state index contributed by atoms with van der Waals surface area (Å²) in [7, 11) is 1.27. The van der Waals surface area contributed by atoms with Gasteiger partial charge in [0, 0.05) is 5.56 Å². The molecule has 0 radical (unpaired) electrons. The Morgan fingerprint density at radius 1 is 1.07 bits per heavy atom. The van der Waals surface area contributed by atoms with Crippen LogP contribution >= 0.6 is 0 Å². The van der Waals surface area contributed by atoms with Crippen LogP contribution in [0.1, 0.15) is 0 Å². The first-order chi connectivity index (χ1) is 13.2. The topological polar surface area (TPSA) is 79.7 Å². The van der Waals surface area contributed by atoms with E-state index in [0.29, 0.717) is 28.3 Å². The van der Waals surface area contributed by atoms with Crippen molar-refractivity contribution in [2.45, 2.75) is 6.54 Å². The maximum Gasteiger partial charge on any atom is 0.327 e. The molecule has 2 aromatic carbocycles. The lowest BCUT2D eigenvalue weighted by Crippen LogP contribution is -2.28. The van der Waals surface area contributed by atoms with E-state index in [1.807, 2.05) is 30.3 Å². The Labute approximate surface area is 154 Å². The fourth-order valence-electron chi connectivity index (χ4n) is 2.86. The Bertz CT molecular complexity index is 1060. The fraction of sp³-hybridized carbons (Fsp3) is 0.150. The number of esters is 1. The van der Waals surface area contributed by atoms with Crippen LogP contribution in [-0.2, 0) is 16.1 Å². The van der Waals surface area contributed by atoms with E-state index in [4.69, 9.17) is 9.47 Å². The lowest BCUT2D eigenvalue weighted by molar-refractivity contribution is -0.141. The second kappa shape index (κ2) is 6.95. The van der Waals surface area contributed by atoms with Crippen molar-refractivity contribution in [1.29, 1.82) is 0 Å². The molecule has 27 heavy (non-hydrogen) atoms. The van der Waals surface area contributed by atoms with Crippen LogP contribution in [0.25, 0.3) is 22.4 Å². The molecule has 0 spiro atoms. The molecule has 7 heteroatoms. The highest BCUT2D eigenvalue weighted by Gasteiger charge is 2.18. The molecular weight excluding hydrogens is 348 g/mol. The van der Waals surface area contributed by atoms with Crippen LogP contribution in [0.3, 0.4) is 0 Å². The van der Waals surface area contributed by atoms with Gasteiger partial charge in [0.25, 0.3) is 5.56 Å². The smallest absolute Gasteiger partial charge is 0.327 e. The zero-order chi connectivity index (χ0) is 18.8. The first-order valence-corrected chi connectivity index (χ1v) is 8.30. The van der Waals surface area contributed by atoms with Gasteiger partial charge in [-0.3, -0.25) is 9.59 Å². The molecule has 0 bridgehead atoms. The van der Waals surface area contributed by atoms with Gasteiger partial charge in [0.05, 0.1) is 18.4 Å². The van der Waals surface area contributed by atoms with Crippen molar-refractivity contribution in [2.75, 3.05) is 13.9 Å². The first-order valence-electron chi connectivity index (χ1n) is 8.30. The number of aromatic nitrogens is 2. The molecule has 3 aromatic rings. The Morgan fingerprint density at radius 2 is 1.85 bits per heavy atom. The van der Waals surface area contributed by atoms with Gasteiger partial charge in [0.2, 0.25) is 6.79 Å². The summed E-state index contributed by atoms with van der Waals surface area (Å²) in [4.78, 5) is 24.6. The lowest BCUT2D eigenvalue weighted by atomic mass is 10.0. The van der Waals surface area contributed by atoms with Crippen molar-refractivity contribution in [3.8, 4) is 33.9 Å². The van der Waals surface area contributed by atoms with E-state index in [1.165, 1.54) is 7.11 Å². The zero-order valence-electron chi connectivity index (χ0n) is 14.5. The van der Waals surface area contributed by atoms with Gasteiger partial charge in [0.15, 0.2) is 11.5 Å². The second-order valence-corrected chi connectivity index (χ2v) is 5.92. The molecule has 2 heterocycles. The molecule has 1 aliphatic rings. The quantitative estimate of drug-likeness (QED) is 0.662. The summed E-state index contributed by atoms with van der Waals surface area (Å²) >= 11 is 0. The Hall–Kier alpha value is -3.61. The van der Waals surface area contributed by atoms with Crippen molar-refractivity contribution < 1.29 is 19.0 Å². The van der Waals surface area contributed by atoms with Crippen LogP contribution in [0.5, 0.6) is 11.5 Å². The molecule has 0 fully saturated rings. The molecule has 0 saturated carbocycles. The van der Waals surface area contributed by atoms with Crippen molar-refractivity contribution in [2.24, 2.45) is 0 Å². The number of hydrogen-bond donors (Lipinski definition) is 0. The van der Waals surface area contributed by atoms with E-state index in [-0.39, 0.29) is 18.9 Å². The summed E-state index contributed by atoms with van der Waals surface area (Å²) < 4.78 is 16.5. The Kier molecular flexibility index (Phi) is 4.33. The van der Waals surface area contributed by atoms with Gasteiger partial charge >= 0.3 is 5.97 Å². The summed E-state index contributed by atoms with van der Waals surface area (Å²) in [6.07, 6.45) is 0.